The summed E-state index contributed by atoms with van der Waals surface area (Å²) in [7, 11) is -1.51. The van der Waals surface area contributed by atoms with Crippen LogP contribution in [0.3, 0.4) is 0 Å². The second kappa shape index (κ2) is 3.82. The van der Waals surface area contributed by atoms with E-state index in [2.05, 4.69) is 19.6 Å². The zero-order chi connectivity index (χ0) is 10.1. The lowest BCUT2D eigenvalue weighted by atomic mass is 10.2. The van der Waals surface area contributed by atoms with Gasteiger partial charge in [-0.05, 0) is 17.7 Å². The number of hydrogen-bond acceptors (Lipinski definition) is 1. The van der Waals surface area contributed by atoms with E-state index in [4.69, 9.17) is 11.6 Å². The van der Waals surface area contributed by atoms with Gasteiger partial charge in [0.15, 0.2) is 0 Å². The van der Waals surface area contributed by atoms with E-state index in [9.17, 15) is 5.11 Å². The molecule has 0 aromatic heterocycles. The summed E-state index contributed by atoms with van der Waals surface area (Å²) in [5.74, 6) is 0. The smallest absolute Gasteiger partial charge is 0.0838 e. The number of aliphatic hydroxyl groups is 1. The van der Waals surface area contributed by atoms with Crippen LogP contribution in [0.2, 0.25) is 24.7 Å². The van der Waals surface area contributed by atoms with E-state index in [1.807, 2.05) is 24.3 Å². The average Bonchev–Trinajstić information content (AvgIpc) is 2.03. The zero-order valence-corrected chi connectivity index (χ0v) is 9.97. The first-order valence-electron chi connectivity index (χ1n) is 4.35. The maximum absolute atomic E-state index is 9.97. The molecule has 0 bridgehead atoms. The Morgan fingerprint density at radius 1 is 1.15 bits per heavy atom. The summed E-state index contributed by atoms with van der Waals surface area (Å²) in [5.41, 5.74) is 0.674. The van der Waals surface area contributed by atoms with Crippen LogP contribution in [0, 0.1) is 0 Å². The maximum Gasteiger partial charge on any atom is 0.0838 e. The largest absolute Gasteiger partial charge is 0.392 e. The molecule has 1 N–H and O–H groups in total. The number of hydrogen-bond donors (Lipinski definition) is 1. The molecule has 0 radical (unpaired) electrons. The Bertz CT molecular complexity index is 276. The number of rotatable bonds is 2. The number of aliphatic hydroxyl groups excluding tert-OH is 1. The van der Waals surface area contributed by atoms with Crippen LogP contribution >= 0.6 is 11.6 Å². The van der Waals surface area contributed by atoms with Crippen molar-refractivity contribution in [3.05, 3.63) is 34.9 Å². The summed E-state index contributed by atoms with van der Waals surface area (Å²) >= 11 is 5.76. The minimum atomic E-state index is -1.51. The molecular weight excluding hydrogens is 200 g/mol. The topological polar surface area (TPSA) is 20.2 Å². The molecule has 0 saturated carbocycles. The van der Waals surface area contributed by atoms with E-state index >= 15 is 0 Å². The molecule has 0 fully saturated rings. The molecule has 0 aliphatic rings. The van der Waals surface area contributed by atoms with Gasteiger partial charge in [0.25, 0.3) is 0 Å². The summed E-state index contributed by atoms with van der Waals surface area (Å²) in [5, 5.41) is 10.7. The third-order valence-corrected chi connectivity index (χ3v) is 4.23. The van der Waals surface area contributed by atoms with Crippen molar-refractivity contribution in [2.24, 2.45) is 0 Å². The lowest BCUT2D eigenvalue weighted by Gasteiger charge is -2.23. The van der Waals surface area contributed by atoms with E-state index < -0.39 is 8.07 Å². The summed E-state index contributed by atoms with van der Waals surface area (Å²) in [6.07, 6.45) is 0. The standard InChI is InChI=1S/C10H15ClOSi/c1-13(2,3)10(12)8-4-6-9(11)7-5-8/h4-7,10,12H,1-3H3. The molecule has 3 heteroatoms. The summed E-state index contributed by atoms with van der Waals surface area (Å²) < 4.78 is 0. The number of halogens is 1. The van der Waals surface area contributed by atoms with Gasteiger partial charge in [0.05, 0.1) is 13.8 Å². The van der Waals surface area contributed by atoms with Crippen molar-refractivity contribution >= 4 is 19.7 Å². The van der Waals surface area contributed by atoms with Crippen LogP contribution in [-0.4, -0.2) is 13.2 Å². The van der Waals surface area contributed by atoms with E-state index in [1.54, 1.807) is 0 Å². The van der Waals surface area contributed by atoms with E-state index in [0.29, 0.717) is 5.02 Å². The maximum atomic E-state index is 9.97. The molecule has 0 spiro atoms. The van der Waals surface area contributed by atoms with Crippen molar-refractivity contribution in [1.29, 1.82) is 0 Å². The van der Waals surface area contributed by atoms with Crippen LogP contribution in [0.4, 0.5) is 0 Å². The van der Waals surface area contributed by atoms with Gasteiger partial charge < -0.3 is 5.11 Å². The van der Waals surface area contributed by atoms with Crippen molar-refractivity contribution in [3.63, 3.8) is 0 Å². The molecule has 1 atom stereocenters. The first kappa shape index (κ1) is 10.8. The third-order valence-electron chi connectivity index (χ3n) is 2.01. The highest BCUT2D eigenvalue weighted by atomic mass is 35.5. The van der Waals surface area contributed by atoms with Gasteiger partial charge >= 0.3 is 0 Å². The molecule has 1 nitrogen and oxygen atoms in total. The van der Waals surface area contributed by atoms with E-state index in [0.717, 1.165) is 5.56 Å². The van der Waals surface area contributed by atoms with Crippen LogP contribution in [0.1, 0.15) is 11.3 Å². The highest BCUT2D eigenvalue weighted by Crippen LogP contribution is 2.24. The van der Waals surface area contributed by atoms with Crippen molar-refractivity contribution in [2.45, 2.75) is 25.4 Å². The van der Waals surface area contributed by atoms with Crippen LogP contribution < -0.4 is 0 Å². The van der Waals surface area contributed by atoms with Gasteiger partial charge in [-0.25, -0.2) is 0 Å². The predicted molar refractivity (Wildman–Crippen MR) is 59.8 cm³/mol. The van der Waals surface area contributed by atoms with Crippen LogP contribution in [0.5, 0.6) is 0 Å². The van der Waals surface area contributed by atoms with Crippen molar-refractivity contribution in [2.75, 3.05) is 0 Å². The molecule has 1 unspecified atom stereocenters. The lowest BCUT2D eigenvalue weighted by Crippen LogP contribution is -2.30. The molecule has 0 saturated heterocycles. The Kier molecular flexibility index (Phi) is 3.17. The summed E-state index contributed by atoms with van der Waals surface area (Å²) in [6.45, 7) is 6.44. The Hall–Kier alpha value is -0.313. The second-order valence-electron chi connectivity index (χ2n) is 4.32. The van der Waals surface area contributed by atoms with Crippen LogP contribution in [0.15, 0.2) is 24.3 Å². The van der Waals surface area contributed by atoms with Gasteiger partial charge in [-0.1, -0.05) is 43.4 Å². The highest BCUT2D eigenvalue weighted by Gasteiger charge is 2.25. The first-order chi connectivity index (χ1) is 5.91. The molecule has 72 valence electrons. The summed E-state index contributed by atoms with van der Waals surface area (Å²) in [6, 6.07) is 7.43. The quantitative estimate of drug-likeness (QED) is 0.750. The van der Waals surface area contributed by atoms with E-state index in [-0.39, 0.29) is 5.73 Å². The Balaban J connectivity index is 2.90. The molecule has 0 heterocycles. The average molecular weight is 215 g/mol. The highest BCUT2D eigenvalue weighted by molar-refractivity contribution is 6.77. The fourth-order valence-electron chi connectivity index (χ4n) is 1.15. The molecule has 0 amide bonds. The second-order valence-corrected chi connectivity index (χ2v) is 10.0. The molecule has 1 aromatic carbocycles. The van der Waals surface area contributed by atoms with Crippen molar-refractivity contribution in [1.82, 2.24) is 0 Å². The van der Waals surface area contributed by atoms with Crippen molar-refractivity contribution < 1.29 is 5.11 Å². The monoisotopic (exact) mass is 214 g/mol. The van der Waals surface area contributed by atoms with E-state index in [1.165, 1.54) is 0 Å². The van der Waals surface area contributed by atoms with Crippen LogP contribution in [-0.2, 0) is 0 Å². The van der Waals surface area contributed by atoms with Gasteiger partial charge in [0.1, 0.15) is 0 Å². The van der Waals surface area contributed by atoms with Gasteiger partial charge in [-0.3, -0.25) is 0 Å². The Morgan fingerprint density at radius 2 is 1.62 bits per heavy atom. The van der Waals surface area contributed by atoms with Gasteiger partial charge in [-0.2, -0.15) is 0 Å². The minimum Gasteiger partial charge on any atom is -0.392 e. The molecule has 1 aromatic rings. The minimum absolute atomic E-state index is 0.301. The van der Waals surface area contributed by atoms with Gasteiger partial charge in [0.2, 0.25) is 0 Å². The molecule has 0 aliphatic heterocycles. The van der Waals surface area contributed by atoms with Gasteiger partial charge in [-0.15, -0.1) is 0 Å². The third kappa shape index (κ3) is 2.83. The predicted octanol–water partition coefficient (Wildman–Crippen LogP) is 3.25. The first-order valence-corrected chi connectivity index (χ1v) is 8.30. The summed E-state index contributed by atoms with van der Waals surface area (Å²) in [4.78, 5) is 0. The molecule has 1 rings (SSSR count). The van der Waals surface area contributed by atoms with Crippen LogP contribution in [0.25, 0.3) is 0 Å². The SMILES string of the molecule is C[Si](C)(C)C(O)c1ccc(Cl)cc1. The Labute approximate surface area is 85.4 Å². The molecule has 13 heavy (non-hydrogen) atoms. The Morgan fingerprint density at radius 3 is 2.00 bits per heavy atom. The zero-order valence-electron chi connectivity index (χ0n) is 8.21. The lowest BCUT2D eigenvalue weighted by molar-refractivity contribution is 0.250. The fraction of sp³-hybridized carbons (Fsp3) is 0.400. The molecule has 0 aliphatic carbocycles. The van der Waals surface area contributed by atoms with Crippen molar-refractivity contribution in [3.8, 4) is 0 Å². The van der Waals surface area contributed by atoms with Gasteiger partial charge in [0, 0.05) is 5.02 Å². The fourth-order valence-corrected chi connectivity index (χ4v) is 2.46. The number of benzene rings is 1. The molecular formula is C10H15ClOSi. The normalized spacial score (nSPS) is 14.2.